The highest BCUT2D eigenvalue weighted by Crippen LogP contribution is 2.32. The van der Waals surface area contributed by atoms with E-state index < -0.39 is 0 Å². The van der Waals surface area contributed by atoms with Gasteiger partial charge in [0.25, 0.3) is 0 Å². The number of aromatic nitrogens is 3. The van der Waals surface area contributed by atoms with E-state index in [2.05, 4.69) is 20.8 Å². The number of hydrogen-bond acceptors (Lipinski definition) is 4. The number of nitrogens with zero attached hydrogens (tertiary/aromatic N) is 3. The molecule has 1 amide bonds. The summed E-state index contributed by atoms with van der Waals surface area (Å²) in [5, 5.41) is 14.3. The molecule has 0 aromatic carbocycles. The van der Waals surface area contributed by atoms with Crippen molar-refractivity contribution in [2.24, 2.45) is 13.0 Å². The lowest BCUT2D eigenvalue weighted by Crippen LogP contribution is -2.39. The molecule has 1 aromatic heterocycles. The average molecular weight is 263 g/mol. The van der Waals surface area contributed by atoms with Crippen LogP contribution in [0.5, 0.6) is 0 Å². The van der Waals surface area contributed by atoms with Crippen molar-refractivity contribution in [1.29, 1.82) is 0 Å². The van der Waals surface area contributed by atoms with Crippen LogP contribution in [0.25, 0.3) is 0 Å². The molecule has 2 aliphatic heterocycles. The van der Waals surface area contributed by atoms with Gasteiger partial charge >= 0.3 is 0 Å². The molecule has 2 bridgehead atoms. The van der Waals surface area contributed by atoms with Crippen molar-refractivity contribution in [2.45, 2.75) is 50.7 Å². The van der Waals surface area contributed by atoms with Gasteiger partial charge < -0.3 is 15.2 Å². The zero-order chi connectivity index (χ0) is 13.2. The summed E-state index contributed by atoms with van der Waals surface area (Å²) in [5.41, 5.74) is 0. The van der Waals surface area contributed by atoms with Crippen LogP contribution in [0.15, 0.2) is 6.33 Å². The molecule has 3 heterocycles. The Morgan fingerprint density at radius 3 is 2.84 bits per heavy atom. The van der Waals surface area contributed by atoms with Gasteiger partial charge in [0.05, 0.1) is 6.54 Å². The number of hydrogen-bond donors (Lipinski definition) is 2. The van der Waals surface area contributed by atoms with Crippen LogP contribution in [-0.2, 0) is 18.4 Å². The molecule has 0 spiro atoms. The number of aryl methyl sites for hydroxylation is 1. The molecule has 19 heavy (non-hydrogen) atoms. The number of carbonyl (C=O) groups excluding carboxylic acids is 1. The summed E-state index contributed by atoms with van der Waals surface area (Å²) in [7, 11) is 1.88. The minimum absolute atomic E-state index is 0.134. The molecule has 2 aliphatic rings. The van der Waals surface area contributed by atoms with E-state index in [1.165, 1.54) is 12.8 Å². The zero-order valence-electron chi connectivity index (χ0n) is 11.3. The summed E-state index contributed by atoms with van der Waals surface area (Å²) in [6.07, 6.45) is 7.14. The molecule has 2 atom stereocenters. The Kier molecular flexibility index (Phi) is 3.50. The Morgan fingerprint density at radius 2 is 2.21 bits per heavy atom. The Labute approximate surface area is 113 Å². The molecule has 2 saturated heterocycles. The van der Waals surface area contributed by atoms with E-state index in [9.17, 15) is 4.79 Å². The second kappa shape index (κ2) is 5.28. The van der Waals surface area contributed by atoms with Crippen LogP contribution in [0.3, 0.4) is 0 Å². The molecule has 3 rings (SSSR count). The molecule has 6 heteroatoms. The van der Waals surface area contributed by atoms with Gasteiger partial charge in [0.1, 0.15) is 6.33 Å². The van der Waals surface area contributed by atoms with Crippen molar-refractivity contribution in [3.05, 3.63) is 12.2 Å². The first-order chi connectivity index (χ1) is 9.20. The Balaban J connectivity index is 1.45. The van der Waals surface area contributed by atoms with Crippen molar-refractivity contribution >= 4 is 5.91 Å². The van der Waals surface area contributed by atoms with Crippen LogP contribution < -0.4 is 10.6 Å². The quantitative estimate of drug-likeness (QED) is 0.822. The highest BCUT2D eigenvalue weighted by atomic mass is 16.1. The van der Waals surface area contributed by atoms with E-state index in [1.807, 2.05) is 11.6 Å². The van der Waals surface area contributed by atoms with Crippen LogP contribution in [0.4, 0.5) is 0 Å². The fraction of sp³-hybridized carbons (Fsp3) is 0.769. The third-order valence-corrected chi connectivity index (χ3v) is 4.29. The number of rotatable bonds is 4. The van der Waals surface area contributed by atoms with Crippen LogP contribution >= 0.6 is 0 Å². The SMILES string of the molecule is Cn1cnnc1CNC(=O)CC1CC2CCC(C1)N2. The maximum absolute atomic E-state index is 12.0. The standard InChI is InChI=1S/C13H21N5O/c1-18-8-15-17-12(18)7-14-13(19)6-9-4-10-2-3-11(5-9)16-10/h8-11,16H,2-7H2,1H3,(H,14,19). The zero-order valence-corrected chi connectivity index (χ0v) is 11.3. The highest BCUT2D eigenvalue weighted by molar-refractivity contribution is 5.76. The number of fused-ring (bicyclic) bond motifs is 2. The maximum atomic E-state index is 12.0. The van der Waals surface area contributed by atoms with Gasteiger partial charge in [0, 0.05) is 25.6 Å². The molecule has 0 radical (unpaired) electrons. The van der Waals surface area contributed by atoms with E-state index in [-0.39, 0.29) is 5.91 Å². The Morgan fingerprint density at radius 1 is 1.47 bits per heavy atom. The molecule has 2 unspecified atom stereocenters. The van der Waals surface area contributed by atoms with Gasteiger partial charge in [-0.2, -0.15) is 0 Å². The van der Waals surface area contributed by atoms with Gasteiger partial charge in [-0.1, -0.05) is 0 Å². The second-order valence-electron chi connectivity index (χ2n) is 5.81. The molecular formula is C13H21N5O. The minimum Gasteiger partial charge on any atom is -0.349 e. The summed E-state index contributed by atoms with van der Waals surface area (Å²) in [6, 6.07) is 1.30. The molecule has 2 fully saturated rings. The van der Waals surface area contributed by atoms with Crippen LogP contribution in [-0.4, -0.2) is 32.8 Å². The summed E-state index contributed by atoms with van der Waals surface area (Å²) >= 11 is 0. The minimum atomic E-state index is 0.134. The van der Waals surface area contributed by atoms with E-state index in [0.717, 1.165) is 18.7 Å². The fourth-order valence-electron chi connectivity index (χ4n) is 3.32. The number of carbonyl (C=O) groups is 1. The first-order valence-electron chi connectivity index (χ1n) is 7.06. The van der Waals surface area contributed by atoms with Crippen molar-refractivity contribution in [3.8, 4) is 0 Å². The normalized spacial score (nSPS) is 29.4. The van der Waals surface area contributed by atoms with Crippen molar-refractivity contribution in [1.82, 2.24) is 25.4 Å². The molecule has 104 valence electrons. The van der Waals surface area contributed by atoms with Gasteiger partial charge in [-0.3, -0.25) is 4.79 Å². The van der Waals surface area contributed by atoms with E-state index >= 15 is 0 Å². The first-order valence-corrected chi connectivity index (χ1v) is 7.06. The predicted octanol–water partition coefficient (Wildman–Crippen LogP) is 0.352. The lowest BCUT2D eigenvalue weighted by molar-refractivity contribution is -0.122. The number of nitrogens with one attached hydrogen (secondary N) is 2. The van der Waals surface area contributed by atoms with Gasteiger partial charge in [-0.25, -0.2) is 0 Å². The first kappa shape index (κ1) is 12.6. The molecule has 6 nitrogen and oxygen atoms in total. The van der Waals surface area contributed by atoms with Crippen LogP contribution in [0, 0.1) is 5.92 Å². The average Bonchev–Trinajstić information content (AvgIpc) is 2.93. The molecule has 0 aliphatic carbocycles. The van der Waals surface area contributed by atoms with E-state index in [0.29, 0.717) is 31.0 Å². The van der Waals surface area contributed by atoms with E-state index in [1.54, 1.807) is 6.33 Å². The summed E-state index contributed by atoms with van der Waals surface area (Å²) in [6.45, 7) is 0.465. The summed E-state index contributed by atoms with van der Waals surface area (Å²) in [4.78, 5) is 12.0. The third-order valence-electron chi connectivity index (χ3n) is 4.29. The molecule has 1 aromatic rings. The molecule has 0 saturated carbocycles. The highest BCUT2D eigenvalue weighted by Gasteiger charge is 2.34. The van der Waals surface area contributed by atoms with Crippen LogP contribution in [0.2, 0.25) is 0 Å². The van der Waals surface area contributed by atoms with Crippen molar-refractivity contribution in [2.75, 3.05) is 0 Å². The van der Waals surface area contributed by atoms with Gasteiger partial charge in [-0.05, 0) is 31.6 Å². The largest absolute Gasteiger partial charge is 0.349 e. The third kappa shape index (κ3) is 2.94. The van der Waals surface area contributed by atoms with Gasteiger partial charge in [0.2, 0.25) is 5.91 Å². The topological polar surface area (TPSA) is 71.8 Å². The summed E-state index contributed by atoms with van der Waals surface area (Å²) in [5.74, 6) is 1.46. The van der Waals surface area contributed by atoms with Gasteiger partial charge in [0.15, 0.2) is 5.82 Å². The predicted molar refractivity (Wildman–Crippen MR) is 70.1 cm³/mol. The molecular weight excluding hydrogens is 242 g/mol. The monoisotopic (exact) mass is 263 g/mol. The fourth-order valence-corrected chi connectivity index (χ4v) is 3.32. The second-order valence-corrected chi connectivity index (χ2v) is 5.81. The number of amides is 1. The lowest BCUT2D eigenvalue weighted by Gasteiger charge is -2.28. The van der Waals surface area contributed by atoms with E-state index in [4.69, 9.17) is 0 Å². The van der Waals surface area contributed by atoms with Crippen LogP contribution in [0.1, 0.15) is 37.9 Å². The Hall–Kier alpha value is -1.43. The number of piperidine rings is 1. The van der Waals surface area contributed by atoms with Gasteiger partial charge in [-0.15, -0.1) is 10.2 Å². The molecule has 2 N–H and O–H groups in total. The van der Waals surface area contributed by atoms with Crippen molar-refractivity contribution in [3.63, 3.8) is 0 Å². The Bertz CT molecular complexity index is 446. The lowest BCUT2D eigenvalue weighted by atomic mass is 9.89. The smallest absolute Gasteiger partial charge is 0.220 e. The maximum Gasteiger partial charge on any atom is 0.220 e. The van der Waals surface area contributed by atoms with Crippen molar-refractivity contribution < 1.29 is 4.79 Å². The summed E-state index contributed by atoms with van der Waals surface area (Å²) < 4.78 is 1.82.